The number of carbonyl (C=O) groups is 2. The first kappa shape index (κ1) is 7.93. The number of ketones is 1. The van der Waals surface area contributed by atoms with E-state index in [1.54, 1.807) is 0 Å². The van der Waals surface area contributed by atoms with Crippen LogP contribution in [-0.2, 0) is 17.9 Å². The molecule has 0 unspecified atom stereocenters. The monoisotopic (exact) mass is 180 g/mol. The van der Waals surface area contributed by atoms with Gasteiger partial charge in [-0.3, -0.25) is 14.7 Å². The lowest BCUT2D eigenvalue weighted by Gasteiger charge is -1.93. The molecule has 6 heteroatoms. The van der Waals surface area contributed by atoms with Gasteiger partial charge in [0, 0.05) is 18.7 Å². The van der Waals surface area contributed by atoms with Gasteiger partial charge in [0.1, 0.15) is 5.69 Å². The molecule has 13 heavy (non-hydrogen) atoms. The quantitative estimate of drug-likeness (QED) is 0.388. The Morgan fingerprint density at radius 3 is 2.85 bits per heavy atom. The van der Waals surface area contributed by atoms with Crippen molar-refractivity contribution in [1.29, 1.82) is 0 Å². The highest BCUT2D eigenvalue weighted by Gasteiger charge is 2.25. The Morgan fingerprint density at radius 1 is 1.38 bits per heavy atom. The normalized spacial score (nSPS) is 14.2. The molecule has 0 fully saturated rings. The highest BCUT2D eigenvalue weighted by Crippen LogP contribution is 2.16. The Hall–Kier alpha value is -1.69. The van der Waals surface area contributed by atoms with E-state index < -0.39 is 11.7 Å². The molecule has 1 aromatic heterocycles. The summed E-state index contributed by atoms with van der Waals surface area (Å²) in [5.41, 5.74) is 6.61. The number of rotatable bonds is 2. The van der Waals surface area contributed by atoms with Crippen molar-refractivity contribution in [3.63, 3.8) is 0 Å². The number of H-pyrrole nitrogens is 1. The van der Waals surface area contributed by atoms with Gasteiger partial charge in [-0.25, -0.2) is 0 Å². The van der Waals surface area contributed by atoms with E-state index in [2.05, 4.69) is 15.5 Å². The van der Waals surface area contributed by atoms with Gasteiger partial charge in [-0.05, 0) is 0 Å². The van der Waals surface area contributed by atoms with E-state index in [9.17, 15) is 9.59 Å². The second-order valence-corrected chi connectivity index (χ2v) is 2.83. The van der Waals surface area contributed by atoms with Crippen molar-refractivity contribution in [3.05, 3.63) is 17.0 Å². The van der Waals surface area contributed by atoms with Gasteiger partial charge in [0.05, 0.1) is 5.69 Å². The number of Topliss-reactive ketones (excluding diaryl/α,β-unsaturated/α-hetero) is 1. The fourth-order valence-electron chi connectivity index (χ4n) is 1.35. The molecule has 0 aliphatic carbocycles. The van der Waals surface area contributed by atoms with Crippen molar-refractivity contribution in [1.82, 2.24) is 15.5 Å². The second-order valence-electron chi connectivity index (χ2n) is 2.83. The zero-order valence-corrected chi connectivity index (χ0v) is 6.76. The third-order valence-electron chi connectivity index (χ3n) is 2.00. The molecule has 1 aromatic rings. The van der Waals surface area contributed by atoms with Crippen LogP contribution in [-0.4, -0.2) is 21.9 Å². The van der Waals surface area contributed by atoms with Crippen LogP contribution in [0.3, 0.4) is 0 Å². The number of nitrogens with zero attached hydrogens (tertiary/aromatic N) is 1. The summed E-state index contributed by atoms with van der Waals surface area (Å²) >= 11 is 0. The number of amides is 1. The lowest BCUT2D eigenvalue weighted by Crippen LogP contribution is -2.24. The minimum Gasteiger partial charge on any atom is -0.363 e. The predicted octanol–water partition coefficient (Wildman–Crippen LogP) is -1.32. The summed E-state index contributed by atoms with van der Waals surface area (Å²) in [6.07, 6.45) is 0. The van der Waals surface area contributed by atoms with Crippen LogP contribution < -0.4 is 11.1 Å². The molecule has 2 heterocycles. The summed E-state index contributed by atoms with van der Waals surface area (Å²) in [5.74, 6) is -1.71. The van der Waals surface area contributed by atoms with Crippen LogP contribution in [0.4, 0.5) is 0 Å². The molecule has 0 saturated heterocycles. The average Bonchev–Trinajstić information content (AvgIpc) is 2.61. The van der Waals surface area contributed by atoms with Gasteiger partial charge < -0.3 is 11.1 Å². The van der Waals surface area contributed by atoms with Gasteiger partial charge in [-0.2, -0.15) is 5.10 Å². The number of primary amides is 1. The van der Waals surface area contributed by atoms with E-state index in [-0.39, 0.29) is 5.69 Å². The van der Waals surface area contributed by atoms with Gasteiger partial charge in [0.15, 0.2) is 0 Å². The second kappa shape index (κ2) is 2.67. The number of carbonyl (C=O) groups excluding carboxylic acids is 2. The Morgan fingerprint density at radius 2 is 2.15 bits per heavy atom. The van der Waals surface area contributed by atoms with Crippen molar-refractivity contribution < 1.29 is 9.59 Å². The number of nitrogens with two attached hydrogens (primary N) is 1. The fraction of sp³-hybridized carbons (Fsp3) is 0.286. The number of aromatic nitrogens is 2. The third kappa shape index (κ3) is 1.11. The van der Waals surface area contributed by atoms with E-state index in [0.717, 1.165) is 11.3 Å². The van der Waals surface area contributed by atoms with Crippen LogP contribution in [0.2, 0.25) is 0 Å². The number of hydrogen-bond donors (Lipinski definition) is 3. The summed E-state index contributed by atoms with van der Waals surface area (Å²) in [4.78, 5) is 21.8. The molecule has 0 radical (unpaired) electrons. The summed E-state index contributed by atoms with van der Waals surface area (Å²) in [6.45, 7) is 1.20. The van der Waals surface area contributed by atoms with Crippen molar-refractivity contribution in [2.45, 2.75) is 13.1 Å². The van der Waals surface area contributed by atoms with Gasteiger partial charge in [0.25, 0.3) is 11.7 Å². The minimum absolute atomic E-state index is 0.146. The highest BCUT2D eigenvalue weighted by molar-refractivity contribution is 6.42. The average molecular weight is 180 g/mol. The Labute approximate surface area is 73.5 Å². The van der Waals surface area contributed by atoms with E-state index >= 15 is 0 Å². The number of aromatic amines is 1. The molecule has 6 nitrogen and oxygen atoms in total. The van der Waals surface area contributed by atoms with Gasteiger partial charge in [0.2, 0.25) is 0 Å². The molecular formula is C7H8N4O2. The van der Waals surface area contributed by atoms with Crippen molar-refractivity contribution in [2.24, 2.45) is 5.73 Å². The Balaban J connectivity index is 2.42. The summed E-state index contributed by atoms with van der Waals surface area (Å²) in [6, 6.07) is 0. The van der Waals surface area contributed by atoms with E-state index in [4.69, 9.17) is 5.73 Å². The summed E-state index contributed by atoms with van der Waals surface area (Å²) in [7, 11) is 0. The van der Waals surface area contributed by atoms with E-state index in [0.29, 0.717) is 13.1 Å². The van der Waals surface area contributed by atoms with Gasteiger partial charge in [-0.1, -0.05) is 0 Å². The molecule has 0 atom stereocenters. The first-order valence-electron chi connectivity index (χ1n) is 3.81. The van der Waals surface area contributed by atoms with Crippen LogP contribution in [0.1, 0.15) is 21.7 Å². The minimum atomic E-state index is -0.971. The van der Waals surface area contributed by atoms with E-state index in [1.807, 2.05) is 0 Å². The van der Waals surface area contributed by atoms with Crippen LogP contribution in [0.25, 0.3) is 0 Å². The van der Waals surface area contributed by atoms with Crippen molar-refractivity contribution >= 4 is 11.7 Å². The third-order valence-corrected chi connectivity index (χ3v) is 2.00. The largest absolute Gasteiger partial charge is 0.363 e. The zero-order valence-electron chi connectivity index (χ0n) is 6.76. The summed E-state index contributed by atoms with van der Waals surface area (Å²) in [5, 5.41) is 9.45. The maximum Gasteiger partial charge on any atom is 0.291 e. The van der Waals surface area contributed by atoms with Crippen LogP contribution in [0, 0.1) is 0 Å². The van der Waals surface area contributed by atoms with Crippen molar-refractivity contribution in [2.75, 3.05) is 0 Å². The SMILES string of the molecule is NC(=O)C(=O)c1n[nH]c2c1CNC2. The number of nitrogens with one attached hydrogen (secondary N) is 2. The van der Waals surface area contributed by atoms with Gasteiger partial charge >= 0.3 is 0 Å². The highest BCUT2D eigenvalue weighted by atomic mass is 16.2. The molecule has 1 aliphatic heterocycles. The standard InChI is InChI=1S/C7H8N4O2/c8-7(13)6(12)5-3-1-9-2-4(3)10-11-5/h9H,1-2H2,(H2,8,13)(H,10,11). The molecule has 0 aromatic carbocycles. The maximum atomic E-state index is 11.2. The topological polar surface area (TPSA) is 101 Å². The lowest BCUT2D eigenvalue weighted by molar-refractivity contribution is -0.114. The van der Waals surface area contributed by atoms with Crippen LogP contribution >= 0.6 is 0 Å². The van der Waals surface area contributed by atoms with Crippen LogP contribution in [0.15, 0.2) is 0 Å². The maximum absolute atomic E-state index is 11.2. The predicted molar refractivity (Wildman–Crippen MR) is 42.7 cm³/mol. The van der Waals surface area contributed by atoms with Gasteiger partial charge in [-0.15, -0.1) is 0 Å². The lowest BCUT2D eigenvalue weighted by atomic mass is 10.1. The van der Waals surface area contributed by atoms with Crippen LogP contribution in [0.5, 0.6) is 0 Å². The first-order valence-corrected chi connectivity index (χ1v) is 3.81. The molecule has 4 N–H and O–H groups in total. The summed E-state index contributed by atoms with van der Waals surface area (Å²) < 4.78 is 0. The molecule has 1 amide bonds. The molecule has 0 bridgehead atoms. The molecule has 0 saturated carbocycles. The Bertz CT molecular complexity index is 382. The molecule has 2 rings (SSSR count). The smallest absolute Gasteiger partial charge is 0.291 e. The molecule has 0 spiro atoms. The molecule has 1 aliphatic rings. The number of fused-ring (bicyclic) bond motifs is 1. The molecular weight excluding hydrogens is 172 g/mol. The molecule has 68 valence electrons. The first-order chi connectivity index (χ1) is 6.20. The number of hydrogen-bond acceptors (Lipinski definition) is 4. The zero-order chi connectivity index (χ0) is 9.42. The fourth-order valence-corrected chi connectivity index (χ4v) is 1.35. The van der Waals surface area contributed by atoms with E-state index in [1.165, 1.54) is 0 Å². The Kier molecular flexibility index (Phi) is 1.63. The van der Waals surface area contributed by atoms with Crippen molar-refractivity contribution in [3.8, 4) is 0 Å².